The van der Waals surface area contributed by atoms with Gasteiger partial charge < -0.3 is 9.73 Å². The summed E-state index contributed by atoms with van der Waals surface area (Å²) in [6.07, 6.45) is 1.57. The normalized spacial score (nSPS) is 10.1. The minimum absolute atomic E-state index is 0.145. The molecule has 0 bridgehead atoms. The molecule has 0 aliphatic heterocycles. The van der Waals surface area contributed by atoms with Crippen molar-refractivity contribution in [2.24, 2.45) is 0 Å². The van der Waals surface area contributed by atoms with Crippen LogP contribution in [0.15, 0.2) is 47.1 Å². The molecule has 0 aliphatic rings. The van der Waals surface area contributed by atoms with Gasteiger partial charge in [0.15, 0.2) is 0 Å². The summed E-state index contributed by atoms with van der Waals surface area (Å²) in [5.41, 5.74) is 0.580. The van der Waals surface area contributed by atoms with Gasteiger partial charge >= 0.3 is 0 Å². The molecule has 3 nitrogen and oxygen atoms in total. The van der Waals surface area contributed by atoms with Gasteiger partial charge in [0.2, 0.25) is 0 Å². The fourth-order valence-electron chi connectivity index (χ4n) is 1.28. The lowest BCUT2D eigenvalue weighted by Gasteiger charge is -2.03. The highest BCUT2D eigenvalue weighted by molar-refractivity contribution is 6.30. The number of benzene rings is 1. The molecular formula is C12H10ClNO2. The minimum Gasteiger partial charge on any atom is -0.467 e. The van der Waals surface area contributed by atoms with Crippen molar-refractivity contribution in [2.45, 2.75) is 6.54 Å². The van der Waals surface area contributed by atoms with Gasteiger partial charge in [-0.3, -0.25) is 4.79 Å². The van der Waals surface area contributed by atoms with Crippen LogP contribution in [0, 0.1) is 0 Å². The van der Waals surface area contributed by atoms with E-state index in [-0.39, 0.29) is 5.91 Å². The standard InChI is InChI=1S/C12H10ClNO2/c13-10-5-3-9(4-6-10)12(15)14-8-11-2-1-7-16-11/h1-7H,8H2,(H,14,15). The van der Waals surface area contributed by atoms with Crippen LogP contribution in [0.1, 0.15) is 16.1 Å². The van der Waals surface area contributed by atoms with E-state index in [0.717, 1.165) is 5.76 Å². The molecule has 82 valence electrons. The summed E-state index contributed by atoms with van der Waals surface area (Å²) in [7, 11) is 0. The highest BCUT2D eigenvalue weighted by Gasteiger charge is 2.05. The number of halogens is 1. The van der Waals surface area contributed by atoms with Crippen molar-refractivity contribution in [2.75, 3.05) is 0 Å². The summed E-state index contributed by atoms with van der Waals surface area (Å²) in [5, 5.41) is 3.36. The molecule has 0 saturated carbocycles. The molecule has 16 heavy (non-hydrogen) atoms. The van der Waals surface area contributed by atoms with Crippen molar-refractivity contribution in [3.05, 3.63) is 59.0 Å². The SMILES string of the molecule is O=C(NCc1ccco1)c1ccc(Cl)cc1. The van der Waals surface area contributed by atoms with Crippen LogP contribution in [-0.4, -0.2) is 5.91 Å². The lowest BCUT2D eigenvalue weighted by atomic mass is 10.2. The van der Waals surface area contributed by atoms with E-state index < -0.39 is 0 Å². The molecular weight excluding hydrogens is 226 g/mol. The first-order valence-corrected chi connectivity index (χ1v) is 5.19. The summed E-state index contributed by atoms with van der Waals surface area (Å²) in [6, 6.07) is 10.3. The van der Waals surface area contributed by atoms with E-state index in [0.29, 0.717) is 17.1 Å². The third kappa shape index (κ3) is 2.64. The predicted molar refractivity (Wildman–Crippen MR) is 61.3 cm³/mol. The molecule has 0 radical (unpaired) electrons. The Morgan fingerprint density at radius 3 is 2.62 bits per heavy atom. The fraction of sp³-hybridized carbons (Fsp3) is 0.0833. The van der Waals surface area contributed by atoms with Gasteiger partial charge in [0.05, 0.1) is 12.8 Å². The number of rotatable bonds is 3. The van der Waals surface area contributed by atoms with E-state index >= 15 is 0 Å². The maximum atomic E-state index is 11.7. The Hall–Kier alpha value is -1.74. The second-order valence-electron chi connectivity index (χ2n) is 3.27. The molecule has 2 aromatic rings. The van der Waals surface area contributed by atoms with Crippen LogP contribution < -0.4 is 5.32 Å². The second kappa shape index (κ2) is 4.86. The minimum atomic E-state index is -0.145. The lowest BCUT2D eigenvalue weighted by molar-refractivity contribution is 0.0948. The second-order valence-corrected chi connectivity index (χ2v) is 3.71. The third-order valence-corrected chi connectivity index (χ3v) is 2.36. The first kappa shape index (κ1) is 10.8. The zero-order valence-electron chi connectivity index (χ0n) is 8.44. The van der Waals surface area contributed by atoms with Gasteiger partial charge in [-0.05, 0) is 36.4 Å². The molecule has 0 spiro atoms. The Labute approximate surface area is 98.0 Å². The highest BCUT2D eigenvalue weighted by Crippen LogP contribution is 2.09. The van der Waals surface area contributed by atoms with Gasteiger partial charge in [0, 0.05) is 10.6 Å². The van der Waals surface area contributed by atoms with Gasteiger partial charge in [-0.1, -0.05) is 11.6 Å². The first-order valence-electron chi connectivity index (χ1n) is 4.82. The fourth-order valence-corrected chi connectivity index (χ4v) is 1.41. The van der Waals surface area contributed by atoms with E-state index in [1.165, 1.54) is 0 Å². The number of hydrogen-bond donors (Lipinski definition) is 1. The topological polar surface area (TPSA) is 42.2 Å². The summed E-state index contributed by atoms with van der Waals surface area (Å²) in [5.74, 6) is 0.579. The Morgan fingerprint density at radius 2 is 2.00 bits per heavy atom. The van der Waals surface area contributed by atoms with Crippen molar-refractivity contribution in [3.8, 4) is 0 Å². The summed E-state index contributed by atoms with van der Waals surface area (Å²) in [4.78, 5) is 11.7. The van der Waals surface area contributed by atoms with Crippen LogP contribution in [0.2, 0.25) is 5.02 Å². The molecule has 2 rings (SSSR count). The third-order valence-electron chi connectivity index (χ3n) is 2.11. The number of hydrogen-bond acceptors (Lipinski definition) is 2. The van der Waals surface area contributed by atoms with E-state index in [9.17, 15) is 4.79 Å². The number of carbonyl (C=O) groups excluding carboxylic acids is 1. The van der Waals surface area contributed by atoms with Gasteiger partial charge in [-0.15, -0.1) is 0 Å². The van der Waals surface area contributed by atoms with Gasteiger partial charge in [0.1, 0.15) is 5.76 Å². The molecule has 1 amide bonds. The molecule has 1 aromatic carbocycles. The first-order chi connectivity index (χ1) is 7.75. The van der Waals surface area contributed by atoms with Crippen molar-refractivity contribution < 1.29 is 9.21 Å². The summed E-state index contributed by atoms with van der Waals surface area (Å²) < 4.78 is 5.10. The lowest BCUT2D eigenvalue weighted by Crippen LogP contribution is -2.22. The number of nitrogens with one attached hydrogen (secondary N) is 1. The largest absolute Gasteiger partial charge is 0.467 e. The quantitative estimate of drug-likeness (QED) is 0.889. The van der Waals surface area contributed by atoms with Gasteiger partial charge in [0.25, 0.3) is 5.91 Å². The molecule has 4 heteroatoms. The molecule has 0 atom stereocenters. The maximum Gasteiger partial charge on any atom is 0.251 e. The predicted octanol–water partition coefficient (Wildman–Crippen LogP) is 2.86. The summed E-state index contributed by atoms with van der Waals surface area (Å²) in [6.45, 7) is 0.383. The van der Waals surface area contributed by atoms with Crippen molar-refractivity contribution in [1.29, 1.82) is 0 Å². The van der Waals surface area contributed by atoms with Gasteiger partial charge in [-0.2, -0.15) is 0 Å². The monoisotopic (exact) mass is 235 g/mol. The van der Waals surface area contributed by atoms with Crippen LogP contribution in [0.25, 0.3) is 0 Å². The molecule has 1 aromatic heterocycles. The van der Waals surface area contributed by atoms with Crippen molar-refractivity contribution in [1.82, 2.24) is 5.32 Å². The molecule has 0 unspecified atom stereocenters. The van der Waals surface area contributed by atoms with Gasteiger partial charge in [-0.25, -0.2) is 0 Å². The molecule has 1 heterocycles. The number of furan rings is 1. The molecule has 0 saturated heterocycles. The van der Waals surface area contributed by atoms with Crippen LogP contribution in [0.3, 0.4) is 0 Å². The Bertz CT molecular complexity index is 462. The number of amides is 1. The zero-order chi connectivity index (χ0) is 11.4. The summed E-state index contributed by atoms with van der Waals surface area (Å²) >= 11 is 5.73. The Balaban J connectivity index is 1.95. The van der Waals surface area contributed by atoms with Crippen LogP contribution in [0.4, 0.5) is 0 Å². The average Bonchev–Trinajstić information content (AvgIpc) is 2.80. The Kier molecular flexibility index (Phi) is 3.27. The number of carbonyl (C=O) groups is 1. The molecule has 1 N–H and O–H groups in total. The smallest absolute Gasteiger partial charge is 0.251 e. The van der Waals surface area contributed by atoms with Crippen LogP contribution in [0.5, 0.6) is 0 Å². The Morgan fingerprint density at radius 1 is 1.25 bits per heavy atom. The van der Waals surface area contributed by atoms with E-state index in [1.807, 2.05) is 6.07 Å². The van der Waals surface area contributed by atoms with Crippen molar-refractivity contribution in [3.63, 3.8) is 0 Å². The van der Waals surface area contributed by atoms with E-state index in [2.05, 4.69) is 5.32 Å². The van der Waals surface area contributed by atoms with Crippen LogP contribution >= 0.6 is 11.6 Å². The zero-order valence-corrected chi connectivity index (χ0v) is 9.20. The molecule has 0 fully saturated rings. The van der Waals surface area contributed by atoms with E-state index in [1.54, 1.807) is 36.6 Å². The maximum absolute atomic E-state index is 11.7. The van der Waals surface area contributed by atoms with Crippen molar-refractivity contribution >= 4 is 17.5 Å². The molecule has 0 aliphatic carbocycles. The van der Waals surface area contributed by atoms with E-state index in [4.69, 9.17) is 16.0 Å². The average molecular weight is 236 g/mol. The van der Waals surface area contributed by atoms with Crippen LogP contribution in [-0.2, 0) is 6.54 Å². The highest BCUT2D eigenvalue weighted by atomic mass is 35.5.